The lowest BCUT2D eigenvalue weighted by molar-refractivity contribution is 0.0957. The molecule has 0 aliphatic carbocycles. The Labute approximate surface area is 176 Å². The molecule has 0 unspecified atom stereocenters. The normalized spacial score (nSPS) is 16.6. The highest BCUT2D eigenvalue weighted by molar-refractivity contribution is 5.92. The van der Waals surface area contributed by atoms with E-state index in [4.69, 9.17) is 0 Å². The topological polar surface area (TPSA) is 103 Å². The van der Waals surface area contributed by atoms with E-state index in [1.165, 1.54) is 19.2 Å². The van der Waals surface area contributed by atoms with Crippen LogP contribution in [0.4, 0.5) is 14.5 Å². The number of benzene rings is 1. The summed E-state index contributed by atoms with van der Waals surface area (Å²) in [4.78, 5) is 35.8. The van der Waals surface area contributed by atoms with Gasteiger partial charge in [-0.15, -0.1) is 0 Å². The summed E-state index contributed by atoms with van der Waals surface area (Å²) in [6.45, 7) is 3.21. The van der Waals surface area contributed by atoms with Gasteiger partial charge in [0.25, 0.3) is 11.5 Å². The molecule has 0 saturated carbocycles. The second-order valence-corrected chi connectivity index (χ2v) is 7.56. The number of hydrogen-bond donors (Lipinski definition) is 3. The summed E-state index contributed by atoms with van der Waals surface area (Å²) in [6, 6.07) is 6.26. The molecule has 162 valence electrons. The standard InChI is InChI=1S/C21H22F2N6O2/c1-11-20(30)28-18-14(25-11)4-3-12(17(18)22)9-29-8-7-13(10-29)26-15-5-6-16(21(31)24-2)27-19(15)23/h3-6,13,26H,7-10H2,1-2H3,(H,24,31)(H,28,30)/t13-/m1/s1. The number of fused-ring (bicyclic) bond motifs is 1. The molecule has 0 bridgehead atoms. The van der Waals surface area contributed by atoms with Crippen molar-refractivity contribution in [1.82, 2.24) is 25.2 Å². The number of nitrogens with zero attached hydrogens (tertiary/aromatic N) is 3. The molecule has 3 N–H and O–H groups in total. The van der Waals surface area contributed by atoms with Gasteiger partial charge in [-0.05, 0) is 31.5 Å². The Hall–Kier alpha value is -3.40. The summed E-state index contributed by atoms with van der Waals surface area (Å²) < 4.78 is 29.2. The van der Waals surface area contributed by atoms with Crippen LogP contribution in [-0.2, 0) is 6.54 Å². The number of H-pyrrole nitrogens is 1. The van der Waals surface area contributed by atoms with Crippen LogP contribution in [0.5, 0.6) is 0 Å². The minimum Gasteiger partial charge on any atom is -0.377 e. The molecular weight excluding hydrogens is 406 g/mol. The number of nitrogens with one attached hydrogen (secondary N) is 3. The molecule has 0 radical (unpaired) electrons. The van der Waals surface area contributed by atoms with Crippen molar-refractivity contribution in [3.63, 3.8) is 0 Å². The van der Waals surface area contributed by atoms with Gasteiger partial charge >= 0.3 is 0 Å². The molecule has 1 amide bonds. The van der Waals surface area contributed by atoms with Crippen molar-refractivity contribution in [2.75, 3.05) is 25.5 Å². The fourth-order valence-electron chi connectivity index (χ4n) is 3.73. The number of carbonyl (C=O) groups excluding carboxylic acids is 1. The van der Waals surface area contributed by atoms with Crippen molar-refractivity contribution in [1.29, 1.82) is 0 Å². The quantitative estimate of drug-likeness (QED) is 0.537. The maximum Gasteiger partial charge on any atom is 0.269 e. The van der Waals surface area contributed by atoms with Gasteiger partial charge in [0.15, 0.2) is 5.82 Å². The number of rotatable bonds is 5. The number of aromatic nitrogens is 3. The molecule has 4 rings (SSSR count). The van der Waals surface area contributed by atoms with Gasteiger partial charge in [-0.1, -0.05) is 6.07 Å². The number of aryl methyl sites for hydroxylation is 1. The lowest BCUT2D eigenvalue weighted by Crippen LogP contribution is -2.27. The van der Waals surface area contributed by atoms with Crippen molar-refractivity contribution in [3.05, 3.63) is 63.3 Å². The van der Waals surface area contributed by atoms with Crippen LogP contribution in [0.3, 0.4) is 0 Å². The average molecular weight is 428 g/mol. The molecule has 31 heavy (non-hydrogen) atoms. The first-order valence-corrected chi connectivity index (χ1v) is 9.91. The lowest BCUT2D eigenvalue weighted by atomic mass is 10.1. The Morgan fingerprint density at radius 1 is 1.26 bits per heavy atom. The van der Waals surface area contributed by atoms with Gasteiger partial charge in [0.1, 0.15) is 16.9 Å². The lowest BCUT2D eigenvalue weighted by Gasteiger charge is -2.18. The monoisotopic (exact) mass is 428 g/mol. The van der Waals surface area contributed by atoms with Crippen LogP contribution in [0.1, 0.15) is 28.2 Å². The molecule has 2 aromatic heterocycles. The summed E-state index contributed by atoms with van der Waals surface area (Å²) in [5.74, 6) is -1.69. The van der Waals surface area contributed by atoms with Crippen molar-refractivity contribution in [3.8, 4) is 0 Å². The summed E-state index contributed by atoms with van der Waals surface area (Å²) in [6.07, 6.45) is 0.740. The molecule has 1 aliphatic heterocycles. The van der Waals surface area contributed by atoms with E-state index in [1.807, 2.05) is 4.90 Å². The van der Waals surface area contributed by atoms with Crippen LogP contribution in [0.2, 0.25) is 0 Å². The van der Waals surface area contributed by atoms with E-state index in [-0.39, 0.29) is 28.6 Å². The second kappa shape index (κ2) is 8.38. The van der Waals surface area contributed by atoms with E-state index < -0.39 is 23.2 Å². The summed E-state index contributed by atoms with van der Waals surface area (Å²) in [5.41, 5.74) is 1.07. The molecule has 10 heteroatoms. The van der Waals surface area contributed by atoms with Crippen LogP contribution in [0, 0.1) is 18.7 Å². The van der Waals surface area contributed by atoms with Crippen molar-refractivity contribution >= 4 is 22.6 Å². The number of carbonyl (C=O) groups is 1. The molecule has 0 spiro atoms. The number of amides is 1. The van der Waals surface area contributed by atoms with E-state index in [0.717, 1.165) is 6.42 Å². The van der Waals surface area contributed by atoms with Gasteiger partial charge in [-0.25, -0.2) is 14.4 Å². The third-order valence-corrected chi connectivity index (χ3v) is 5.39. The first-order valence-electron chi connectivity index (χ1n) is 9.91. The van der Waals surface area contributed by atoms with Crippen LogP contribution in [0.15, 0.2) is 29.1 Å². The maximum absolute atomic E-state index is 14.9. The molecular formula is C21H22F2N6O2. The van der Waals surface area contributed by atoms with E-state index in [1.54, 1.807) is 19.1 Å². The van der Waals surface area contributed by atoms with Gasteiger partial charge in [-0.2, -0.15) is 4.39 Å². The fourth-order valence-corrected chi connectivity index (χ4v) is 3.73. The number of halogens is 2. The smallest absolute Gasteiger partial charge is 0.269 e. The SMILES string of the molecule is CNC(=O)c1ccc(N[C@@H]2CCN(Cc3ccc4nc(C)c(=O)[nH]c4c3F)C2)c(F)n1. The van der Waals surface area contributed by atoms with Crippen molar-refractivity contribution < 1.29 is 13.6 Å². The zero-order valence-corrected chi connectivity index (χ0v) is 17.1. The van der Waals surface area contributed by atoms with Crippen LogP contribution in [0.25, 0.3) is 11.0 Å². The van der Waals surface area contributed by atoms with Gasteiger partial charge in [-0.3, -0.25) is 14.5 Å². The summed E-state index contributed by atoms with van der Waals surface area (Å²) in [5, 5.41) is 5.51. The molecule has 1 atom stereocenters. The number of hydrogen-bond acceptors (Lipinski definition) is 6. The van der Waals surface area contributed by atoms with Gasteiger partial charge in [0.05, 0.1) is 11.2 Å². The number of likely N-dealkylation sites (tertiary alicyclic amines) is 1. The number of pyridine rings is 1. The molecule has 1 fully saturated rings. The number of anilines is 1. The van der Waals surface area contributed by atoms with Crippen LogP contribution >= 0.6 is 0 Å². The first-order chi connectivity index (χ1) is 14.9. The Morgan fingerprint density at radius 3 is 2.81 bits per heavy atom. The van der Waals surface area contributed by atoms with Crippen LogP contribution < -0.4 is 16.2 Å². The average Bonchev–Trinajstić information content (AvgIpc) is 3.19. The summed E-state index contributed by atoms with van der Waals surface area (Å²) in [7, 11) is 1.45. The minimum absolute atomic E-state index is 0.00750. The number of aromatic amines is 1. The predicted octanol–water partition coefficient (Wildman–Crippen LogP) is 1.95. The zero-order chi connectivity index (χ0) is 22.1. The third-order valence-electron chi connectivity index (χ3n) is 5.39. The van der Waals surface area contributed by atoms with Crippen molar-refractivity contribution in [2.24, 2.45) is 0 Å². The maximum atomic E-state index is 14.9. The zero-order valence-electron chi connectivity index (χ0n) is 17.1. The van der Waals surface area contributed by atoms with Gasteiger partial charge in [0, 0.05) is 38.3 Å². The molecule has 3 aromatic rings. The summed E-state index contributed by atoms with van der Waals surface area (Å²) >= 11 is 0. The largest absolute Gasteiger partial charge is 0.377 e. The second-order valence-electron chi connectivity index (χ2n) is 7.56. The minimum atomic E-state index is -0.744. The van der Waals surface area contributed by atoms with E-state index in [2.05, 4.69) is 25.6 Å². The molecule has 1 aromatic carbocycles. The van der Waals surface area contributed by atoms with Crippen LogP contribution in [-0.4, -0.2) is 51.9 Å². The first kappa shape index (κ1) is 20.9. The van der Waals surface area contributed by atoms with E-state index in [0.29, 0.717) is 30.7 Å². The third kappa shape index (κ3) is 4.24. The van der Waals surface area contributed by atoms with E-state index >= 15 is 0 Å². The molecule has 8 nitrogen and oxygen atoms in total. The predicted molar refractivity (Wildman–Crippen MR) is 112 cm³/mol. The van der Waals surface area contributed by atoms with Gasteiger partial charge in [0.2, 0.25) is 5.95 Å². The Morgan fingerprint density at radius 2 is 2.06 bits per heavy atom. The Bertz CT molecular complexity index is 1210. The highest BCUT2D eigenvalue weighted by Crippen LogP contribution is 2.23. The molecule has 1 aliphatic rings. The molecule has 3 heterocycles. The van der Waals surface area contributed by atoms with Gasteiger partial charge < -0.3 is 15.6 Å². The highest BCUT2D eigenvalue weighted by Gasteiger charge is 2.25. The van der Waals surface area contributed by atoms with Crippen molar-refractivity contribution in [2.45, 2.75) is 25.9 Å². The Balaban J connectivity index is 1.44. The highest BCUT2D eigenvalue weighted by atomic mass is 19.1. The Kier molecular flexibility index (Phi) is 5.64. The van der Waals surface area contributed by atoms with E-state index in [9.17, 15) is 18.4 Å². The fraction of sp³-hybridized carbons (Fsp3) is 0.333. The molecule has 1 saturated heterocycles.